The van der Waals surface area contributed by atoms with Gasteiger partial charge in [0.25, 0.3) is 0 Å². The average molecular weight is 351 g/mol. The minimum absolute atomic E-state index is 0.0348. The Labute approximate surface area is 157 Å². The molecule has 0 bridgehead atoms. The lowest BCUT2D eigenvalue weighted by Gasteiger charge is -2.33. The van der Waals surface area contributed by atoms with Gasteiger partial charge in [-0.2, -0.15) is 0 Å². The van der Waals surface area contributed by atoms with E-state index in [2.05, 4.69) is 60.5 Å². The van der Waals surface area contributed by atoms with Crippen LogP contribution >= 0.6 is 0 Å². The predicted molar refractivity (Wildman–Crippen MR) is 108 cm³/mol. The van der Waals surface area contributed by atoms with Crippen molar-refractivity contribution < 1.29 is 4.79 Å². The van der Waals surface area contributed by atoms with Crippen LogP contribution in [0.1, 0.15) is 50.3 Å². The van der Waals surface area contributed by atoms with Gasteiger partial charge in [0.2, 0.25) is 5.91 Å². The molecule has 0 radical (unpaired) electrons. The Balaban J connectivity index is 1.51. The van der Waals surface area contributed by atoms with Crippen LogP contribution < -0.4 is 10.2 Å². The van der Waals surface area contributed by atoms with Gasteiger partial charge in [-0.15, -0.1) is 0 Å². The van der Waals surface area contributed by atoms with E-state index in [4.69, 9.17) is 0 Å². The topological polar surface area (TPSA) is 32.3 Å². The quantitative estimate of drug-likeness (QED) is 0.816. The second-order valence-corrected chi connectivity index (χ2v) is 7.56. The summed E-state index contributed by atoms with van der Waals surface area (Å²) in [6, 6.07) is 18.9. The molecule has 2 atom stereocenters. The van der Waals surface area contributed by atoms with Crippen LogP contribution in [0.25, 0.3) is 0 Å². The molecule has 0 aromatic heterocycles. The number of piperidine rings is 1. The Morgan fingerprint density at radius 3 is 2.58 bits per heavy atom. The van der Waals surface area contributed by atoms with Crippen LogP contribution in [0.4, 0.5) is 5.69 Å². The molecule has 1 N–H and O–H groups in total. The summed E-state index contributed by atoms with van der Waals surface area (Å²) < 4.78 is 0. The minimum Gasteiger partial charge on any atom is -0.371 e. The number of carbonyl (C=O) groups excluding carboxylic acids is 1. The molecule has 0 unspecified atom stereocenters. The first-order valence-electron chi connectivity index (χ1n) is 9.80. The molecule has 1 saturated heterocycles. The van der Waals surface area contributed by atoms with E-state index in [1.165, 1.54) is 24.1 Å². The van der Waals surface area contributed by atoms with Gasteiger partial charge in [-0.25, -0.2) is 0 Å². The van der Waals surface area contributed by atoms with Gasteiger partial charge in [0.15, 0.2) is 0 Å². The summed E-state index contributed by atoms with van der Waals surface area (Å²) in [5.74, 6) is 0.876. The summed E-state index contributed by atoms with van der Waals surface area (Å²) in [6.45, 7) is 6.67. The van der Waals surface area contributed by atoms with E-state index in [0.29, 0.717) is 6.42 Å². The molecule has 138 valence electrons. The molecular weight excluding hydrogens is 320 g/mol. The Morgan fingerprint density at radius 1 is 1.15 bits per heavy atom. The fraction of sp³-hybridized carbons (Fsp3) is 0.435. The molecule has 1 amide bonds. The summed E-state index contributed by atoms with van der Waals surface area (Å²) in [4.78, 5) is 14.7. The smallest absolute Gasteiger partial charge is 0.220 e. The predicted octanol–water partition coefficient (Wildman–Crippen LogP) is 4.73. The van der Waals surface area contributed by atoms with Gasteiger partial charge in [-0.3, -0.25) is 4.79 Å². The number of amides is 1. The summed E-state index contributed by atoms with van der Waals surface area (Å²) in [5, 5.41) is 3.12. The first-order valence-corrected chi connectivity index (χ1v) is 9.80. The molecule has 1 fully saturated rings. The number of hydrogen-bond donors (Lipinski definition) is 1. The second kappa shape index (κ2) is 8.88. The number of aryl methyl sites for hydroxylation is 1. The van der Waals surface area contributed by atoms with Gasteiger partial charge in [-0.1, -0.05) is 49.4 Å². The lowest BCUT2D eigenvalue weighted by Crippen LogP contribution is -2.34. The maximum Gasteiger partial charge on any atom is 0.220 e. The zero-order valence-corrected chi connectivity index (χ0v) is 15.9. The van der Waals surface area contributed by atoms with Crippen molar-refractivity contribution in [1.82, 2.24) is 5.32 Å². The summed E-state index contributed by atoms with van der Waals surface area (Å²) in [6.07, 6.45) is 3.92. The van der Waals surface area contributed by atoms with Crippen molar-refractivity contribution in [1.29, 1.82) is 0 Å². The Bertz CT molecular complexity index is 696. The van der Waals surface area contributed by atoms with Crippen molar-refractivity contribution >= 4 is 11.6 Å². The molecule has 0 aliphatic carbocycles. The molecule has 2 aromatic carbocycles. The monoisotopic (exact) mass is 350 g/mol. The second-order valence-electron chi connectivity index (χ2n) is 7.56. The van der Waals surface area contributed by atoms with E-state index in [0.717, 1.165) is 31.0 Å². The van der Waals surface area contributed by atoms with Gasteiger partial charge >= 0.3 is 0 Å². The zero-order valence-electron chi connectivity index (χ0n) is 15.9. The lowest BCUT2D eigenvalue weighted by atomic mass is 9.99. The van der Waals surface area contributed by atoms with Crippen molar-refractivity contribution in [2.24, 2.45) is 5.92 Å². The highest BCUT2D eigenvalue weighted by Crippen LogP contribution is 2.24. The van der Waals surface area contributed by atoms with E-state index < -0.39 is 0 Å². The van der Waals surface area contributed by atoms with Gasteiger partial charge in [0.05, 0.1) is 6.04 Å². The van der Waals surface area contributed by atoms with Crippen molar-refractivity contribution in [2.45, 2.75) is 45.6 Å². The number of benzene rings is 2. The van der Waals surface area contributed by atoms with Crippen LogP contribution in [0.3, 0.4) is 0 Å². The molecule has 2 aromatic rings. The molecule has 3 nitrogen and oxygen atoms in total. The number of rotatable bonds is 6. The number of carbonyl (C=O) groups is 1. The summed E-state index contributed by atoms with van der Waals surface area (Å²) in [7, 11) is 0. The summed E-state index contributed by atoms with van der Waals surface area (Å²) in [5.41, 5.74) is 3.66. The third-order valence-corrected chi connectivity index (χ3v) is 5.28. The number of nitrogens with one attached hydrogen (secondary N) is 1. The highest BCUT2D eigenvalue weighted by atomic mass is 16.1. The molecule has 1 aliphatic rings. The van der Waals surface area contributed by atoms with E-state index in [-0.39, 0.29) is 11.9 Å². The average Bonchev–Trinajstić information content (AvgIpc) is 2.67. The Kier molecular flexibility index (Phi) is 6.32. The maximum atomic E-state index is 12.2. The highest BCUT2D eigenvalue weighted by Gasteiger charge is 2.17. The normalized spacial score (nSPS) is 18.4. The molecular formula is C23H30N2O. The van der Waals surface area contributed by atoms with E-state index in [1.54, 1.807) is 0 Å². The lowest BCUT2D eigenvalue weighted by molar-refractivity contribution is -0.121. The van der Waals surface area contributed by atoms with Crippen molar-refractivity contribution in [3.63, 3.8) is 0 Å². The molecule has 3 rings (SSSR count). The largest absolute Gasteiger partial charge is 0.371 e. The van der Waals surface area contributed by atoms with Crippen LogP contribution in [0.2, 0.25) is 0 Å². The molecule has 0 spiro atoms. The van der Waals surface area contributed by atoms with Gasteiger partial charge < -0.3 is 10.2 Å². The Morgan fingerprint density at radius 2 is 1.88 bits per heavy atom. The van der Waals surface area contributed by atoms with Gasteiger partial charge in [-0.05, 0) is 55.4 Å². The van der Waals surface area contributed by atoms with E-state index in [9.17, 15) is 4.79 Å². The van der Waals surface area contributed by atoms with Crippen molar-refractivity contribution in [3.8, 4) is 0 Å². The van der Waals surface area contributed by atoms with Crippen LogP contribution in [0.15, 0.2) is 54.6 Å². The van der Waals surface area contributed by atoms with Crippen LogP contribution in [-0.2, 0) is 11.2 Å². The fourth-order valence-corrected chi connectivity index (χ4v) is 3.70. The molecule has 1 heterocycles. The number of nitrogens with zero attached hydrogens (tertiary/aromatic N) is 1. The molecule has 26 heavy (non-hydrogen) atoms. The standard InChI is InChI=1S/C23H30N2O/c1-18-7-6-16-25(17-18)22-13-11-21(12-14-22)19(2)24-23(26)15-10-20-8-4-3-5-9-20/h3-5,8-9,11-14,18-19H,6-7,10,15-17H2,1-2H3,(H,24,26)/t18-,19-/m1/s1. The molecule has 3 heteroatoms. The highest BCUT2D eigenvalue weighted by molar-refractivity contribution is 5.76. The van der Waals surface area contributed by atoms with Crippen LogP contribution in [0, 0.1) is 5.92 Å². The van der Waals surface area contributed by atoms with Crippen molar-refractivity contribution in [2.75, 3.05) is 18.0 Å². The third kappa shape index (κ3) is 5.10. The zero-order chi connectivity index (χ0) is 18.4. The maximum absolute atomic E-state index is 12.2. The Hall–Kier alpha value is -2.29. The van der Waals surface area contributed by atoms with Gasteiger partial charge in [0, 0.05) is 25.2 Å². The van der Waals surface area contributed by atoms with E-state index in [1.807, 2.05) is 18.2 Å². The van der Waals surface area contributed by atoms with Crippen molar-refractivity contribution in [3.05, 3.63) is 65.7 Å². The fourth-order valence-electron chi connectivity index (χ4n) is 3.70. The van der Waals surface area contributed by atoms with E-state index >= 15 is 0 Å². The first kappa shape index (κ1) is 18.5. The first-order chi connectivity index (χ1) is 12.6. The minimum atomic E-state index is 0.0348. The van der Waals surface area contributed by atoms with Crippen LogP contribution in [0.5, 0.6) is 0 Å². The molecule has 0 saturated carbocycles. The third-order valence-electron chi connectivity index (χ3n) is 5.28. The molecule has 1 aliphatic heterocycles. The summed E-state index contributed by atoms with van der Waals surface area (Å²) >= 11 is 0. The SMILES string of the molecule is C[C@@H]1CCCN(c2ccc([C@@H](C)NC(=O)CCc3ccccc3)cc2)C1. The van der Waals surface area contributed by atoms with Crippen LogP contribution in [-0.4, -0.2) is 19.0 Å². The van der Waals surface area contributed by atoms with Gasteiger partial charge in [0.1, 0.15) is 0 Å². The number of hydrogen-bond acceptors (Lipinski definition) is 2. The number of anilines is 1.